The van der Waals surface area contributed by atoms with E-state index in [1.165, 1.54) is 6.08 Å². The van der Waals surface area contributed by atoms with Crippen LogP contribution in [0.3, 0.4) is 0 Å². The van der Waals surface area contributed by atoms with E-state index in [1.54, 1.807) is 26.2 Å². The van der Waals surface area contributed by atoms with Crippen molar-refractivity contribution in [3.63, 3.8) is 0 Å². The maximum Gasteiger partial charge on any atom is 0.328 e. The normalized spacial score (nSPS) is 10.6. The van der Waals surface area contributed by atoms with Crippen LogP contribution in [-0.2, 0) is 14.3 Å². The molecule has 0 aliphatic heterocycles. The number of pyridine rings is 1. The van der Waals surface area contributed by atoms with Gasteiger partial charge in [-0.15, -0.1) is 0 Å². The number of hydrogen-bond acceptors (Lipinski definition) is 5. The molecular formula is C14H18N2O5. The lowest BCUT2D eigenvalue weighted by molar-refractivity contribution is -0.131. The minimum Gasteiger partial charge on any atom is -0.482 e. The van der Waals surface area contributed by atoms with Crippen molar-refractivity contribution in [3.8, 4) is 5.75 Å². The fourth-order valence-corrected chi connectivity index (χ4v) is 1.44. The number of carbonyl (C=O) groups is 2. The highest BCUT2D eigenvalue weighted by atomic mass is 16.5. The second-order valence-corrected chi connectivity index (χ2v) is 4.14. The number of amides is 1. The Morgan fingerprint density at radius 1 is 1.43 bits per heavy atom. The molecule has 0 spiro atoms. The van der Waals surface area contributed by atoms with Crippen LogP contribution in [0.2, 0.25) is 0 Å². The van der Waals surface area contributed by atoms with Crippen LogP contribution in [0.25, 0.3) is 6.08 Å². The number of methoxy groups -OCH3 is 1. The Morgan fingerprint density at radius 2 is 2.19 bits per heavy atom. The summed E-state index contributed by atoms with van der Waals surface area (Å²) in [6, 6.07) is 3.36. The molecule has 0 aliphatic carbocycles. The molecule has 0 bridgehead atoms. The molecule has 0 aromatic carbocycles. The number of aromatic nitrogens is 1. The molecule has 2 N–H and O–H groups in total. The van der Waals surface area contributed by atoms with Crippen molar-refractivity contribution in [1.29, 1.82) is 0 Å². The molecule has 0 atom stereocenters. The number of hydrogen-bond donors (Lipinski definition) is 2. The molecule has 1 amide bonds. The number of carboxylic acids is 1. The summed E-state index contributed by atoms with van der Waals surface area (Å²) in [4.78, 5) is 26.2. The summed E-state index contributed by atoms with van der Waals surface area (Å²) in [7, 11) is 1.54. The Hall–Kier alpha value is -2.41. The molecule has 0 saturated heterocycles. The van der Waals surface area contributed by atoms with Gasteiger partial charge in [0.2, 0.25) is 0 Å². The zero-order valence-electron chi connectivity index (χ0n) is 12.0. The molecule has 0 unspecified atom stereocenters. The van der Waals surface area contributed by atoms with Gasteiger partial charge in [0.1, 0.15) is 11.4 Å². The van der Waals surface area contributed by atoms with Gasteiger partial charge in [-0.2, -0.15) is 0 Å². The molecule has 0 saturated carbocycles. The van der Waals surface area contributed by atoms with Gasteiger partial charge in [-0.25, -0.2) is 9.78 Å². The Balaban J connectivity index is 2.65. The lowest BCUT2D eigenvalue weighted by Gasteiger charge is -2.09. The molecule has 7 nitrogen and oxygen atoms in total. The van der Waals surface area contributed by atoms with Crippen molar-refractivity contribution in [2.75, 3.05) is 26.9 Å². The summed E-state index contributed by atoms with van der Waals surface area (Å²) in [5.41, 5.74) is 1.08. The van der Waals surface area contributed by atoms with E-state index in [9.17, 15) is 9.59 Å². The Morgan fingerprint density at radius 3 is 2.86 bits per heavy atom. The van der Waals surface area contributed by atoms with Crippen LogP contribution < -0.4 is 10.1 Å². The highest BCUT2D eigenvalue weighted by Crippen LogP contribution is 2.18. The average Bonchev–Trinajstić information content (AvgIpc) is 2.44. The van der Waals surface area contributed by atoms with E-state index >= 15 is 0 Å². The smallest absolute Gasteiger partial charge is 0.328 e. The molecule has 21 heavy (non-hydrogen) atoms. The SMILES string of the molecule is COCCNC(=O)COc1ccc(C)nc1C=CC(=O)O. The minimum atomic E-state index is -1.08. The van der Waals surface area contributed by atoms with E-state index < -0.39 is 5.97 Å². The summed E-state index contributed by atoms with van der Waals surface area (Å²) in [6.45, 7) is 2.42. The molecule has 1 rings (SSSR count). The first-order chi connectivity index (χ1) is 10.0. The van der Waals surface area contributed by atoms with Crippen molar-refractivity contribution in [3.05, 3.63) is 29.6 Å². The maximum atomic E-state index is 11.5. The summed E-state index contributed by atoms with van der Waals surface area (Å²) in [5.74, 6) is -1.03. The quantitative estimate of drug-likeness (QED) is 0.539. The largest absolute Gasteiger partial charge is 0.482 e. The topological polar surface area (TPSA) is 97.8 Å². The van der Waals surface area contributed by atoms with E-state index in [0.29, 0.717) is 24.6 Å². The molecule has 1 aromatic heterocycles. The fourth-order valence-electron chi connectivity index (χ4n) is 1.44. The molecular weight excluding hydrogens is 276 g/mol. The third-order valence-corrected chi connectivity index (χ3v) is 2.40. The predicted octanol–water partition coefficient (Wildman–Crippen LogP) is 0.629. The average molecular weight is 294 g/mol. The monoisotopic (exact) mass is 294 g/mol. The highest BCUT2D eigenvalue weighted by molar-refractivity contribution is 5.85. The van der Waals surface area contributed by atoms with Gasteiger partial charge in [0, 0.05) is 25.4 Å². The lowest BCUT2D eigenvalue weighted by atomic mass is 10.2. The summed E-state index contributed by atoms with van der Waals surface area (Å²) in [6.07, 6.45) is 2.29. The third kappa shape index (κ3) is 6.53. The Labute approximate surface area is 122 Å². The third-order valence-electron chi connectivity index (χ3n) is 2.40. The van der Waals surface area contributed by atoms with Crippen LogP contribution in [0, 0.1) is 6.92 Å². The van der Waals surface area contributed by atoms with Crippen LogP contribution >= 0.6 is 0 Å². The number of nitrogens with one attached hydrogen (secondary N) is 1. The first kappa shape index (κ1) is 16.6. The van der Waals surface area contributed by atoms with E-state index in [1.807, 2.05) is 0 Å². The molecule has 114 valence electrons. The number of carbonyl (C=O) groups excluding carboxylic acids is 1. The molecule has 0 fully saturated rings. The number of carboxylic acid groups (broad SMARTS) is 1. The molecule has 1 aromatic rings. The number of aliphatic carboxylic acids is 1. The number of aryl methyl sites for hydroxylation is 1. The first-order valence-electron chi connectivity index (χ1n) is 6.30. The number of nitrogens with zero attached hydrogens (tertiary/aromatic N) is 1. The van der Waals surface area contributed by atoms with Gasteiger partial charge >= 0.3 is 5.97 Å². The van der Waals surface area contributed by atoms with Crippen LogP contribution in [-0.4, -0.2) is 48.8 Å². The van der Waals surface area contributed by atoms with Gasteiger partial charge in [-0.05, 0) is 25.1 Å². The van der Waals surface area contributed by atoms with Crippen molar-refractivity contribution >= 4 is 18.0 Å². The second-order valence-electron chi connectivity index (χ2n) is 4.14. The van der Waals surface area contributed by atoms with Gasteiger partial charge in [-0.1, -0.05) is 0 Å². The molecule has 1 heterocycles. The first-order valence-corrected chi connectivity index (χ1v) is 6.30. The predicted molar refractivity (Wildman–Crippen MR) is 76.0 cm³/mol. The summed E-state index contributed by atoms with van der Waals surface area (Å²) >= 11 is 0. The summed E-state index contributed by atoms with van der Waals surface area (Å²) < 4.78 is 10.2. The zero-order valence-corrected chi connectivity index (χ0v) is 12.0. The lowest BCUT2D eigenvalue weighted by Crippen LogP contribution is -2.31. The van der Waals surface area contributed by atoms with Crippen molar-refractivity contribution in [2.45, 2.75) is 6.92 Å². The van der Waals surface area contributed by atoms with Gasteiger partial charge < -0.3 is 19.9 Å². The van der Waals surface area contributed by atoms with Crippen LogP contribution in [0.4, 0.5) is 0 Å². The summed E-state index contributed by atoms with van der Waals surface area (Å²) in [5, 5.41) is 11.3. The maximum absolute atomic E-state index is 11.5. The van der Waals surface area contributed by atoms with Gasteiger partial charge in [0.25, 0.3) is 5.91 Å². The van der Waals surface area contributed by atoms with E-state index in [4.69, 9.17) is 14.6 Å². The van der Waals surface area contributed by atoms with Crippen LogP contribution in [0.5, 0.6) is 5.75 Å². The molecule has 0 aliphatic rings. The molecule has 0 radical (unpaired) electrons. The highest BCUT2D eigenvalue weighted by Gasteiger charge is 2.07. The van der Waals surface area contributed by atoms with E-state index in [2.05, 4.69) is 10.3 Å². The van der Waals surface area contributed by atoms with Crippen molar-refractivity contribution in [2.24, 2.45) is 0 Å². The van der Waals surface area contributed by atoms with E-state index in [-0.39, 0.29) is 12.5 Å². The Kier molecular flexibility index (Phi) is 6.90. The number of ether oxygens (including phenoxy) is 2. The molecule has 7 heteroatoms. The fraction of sp³-hybridized carbons (Fsp3) is 0.357. The van der Waals surface area contributed by atoms with Gasteiger partial charge in [0.05, 0.1) is 6.61 Å². The second kappa shape index (κ2) is 8.70. The Bertz CT molecular complexity index is 528. The van der Waals surface area contributed by atoms with Crippen LogP contribution in [0.15, 0.2) is 18.2 Å². The zero-order chi connectivity index (χ0) is 15.7. The standard InChI is InChI=1S/C14H18N2O5/c1-10-3-5-12(11(16-10)4-6-14(18)19)21-9-13(17)15-7-8-20-2/h3-6H,7-9H2,1-2H3,(H,15,17)(H,18,19). The minimum absolute atomic E-state index is 0.178. The number of rotatable bonds is 8. The van der Waals surface area contributed by atoms with Crippen molar-refractivity contribution < 1.29 is 24.2 Å². The van der Waals surface area contributed by atoms with E-state index in [0.717, 1.165) is 11.8 Å². The van der Waals surface area contributed by atoms with Gasteiger partial charge in [-0.3, -0.25) is 4.79 Å². The van der Waals surface area contributed by atoms with Gasteiger partial charge in [0.15, 0.2) is 6.61 Å². The van der Waals surface area contributed by atoms with Crippen molar-refractivity contribution in [1.82, 2.24) is 10.3 Å². The van der Waals surface area contributed by atoms with Crippen LogP contribution in [0.1, 0.15) is 11.4 Å².